The summed E-state index contributed by atoms with van der Waals surface area (Å²) in [5.74, 6) is 0. The number of aliphatic hydroxyl groups is 1. The van der Waals surface area contributed by atoms with Crippen LogP contribution in [-0.4, -0.2) is 18.2 Å². The molecule has 106 valence electrons. The first-order valence-electron chi connectivity index (χ1n) is 7.28. The molecule has 1 aliphatic rings. The summed E-state index contributed by atoms with van der Waals surface area (Å²) < 4.78 is 0. The average Bonchev–Trinajstić information content (AvgIpc) is 2.47. The molecule has 1 heterocycles. The van der Waals surface area contributed by atoms with Crippen molar-refractivity contribution in [3.05, 3.63) is 28.8 Å². The Kier molecular flexibility index (Phi) is 4.75. The zero-order valence-electron chi connectivity index (χ0n) is 12.0. The molecule has 0 radical (unpaired) electrons. The summed E-state index contributed by atoms with van der Waals surface area (Å²) in [6.07, 6.45) is 5.02. The highest BCUT2D eigenvalue weighted by Gasteiger charge is 2.31. The Labute approximate surface area is 121 Å². The summed E-state index contributed by atoms with van der Waals surface area (Å²) in [5.41, 5.74) is 2.61. The Hall–Kier alpha value is -0.730. The molecule has 0 aromatic heterocycles. The molecule has 0 saturated carbocycles. The maximum atomic E-state index is 9.48. The number of hydrogen-bond donors (Lipinski definition) is 1. The second-order valence-corrected chi connectivity index (χ2v) is 6.06. The molecule has 1 aliphatic heterocycles. The Morgan fingerprint density at radius 1 is 1.21 bits per heavy atom. The van der Waals surface area contributed by atoms with Gasteiger partial charge >= 0.3 is 0 Å². The van der Waals surface area contributed by atoms with E-state index < -0.39 is 0 Å². The predicted molar refractivity (Wildman–Crippen MR) is 81.8 cm³/mol. The first-order valence-corrected chi connectivity index (χ1v) is 7.66. The Balaban J connectivity index is 2.13. The number of hydrogen-bond acceptors (Lipinski definition) is 2. The molecule has 0 aliphatic carbocycles. The Morgan fingerprint density at radius 2 is 1.84 bits per heavy atom. The van der Waals surface area contributed by atoms with Crippen LogP contribution in [0.2, 0.25) is 5.02 Å². The minimum Gasteiger partial charge on any atom is -0.392 e. The number of aliphatic hydroxyl groups excluding tert-OH is 1. The van der Waals surface area contributed by atoms with E-state index in [4.69, 9.17) is 11.6 Å². The summed E-state index contributed by atoms with van der Waals surface area (Å²) in [5, 5.41) is 10.2. The molecule has 0 spiro atoms. The molecule has 1 aromatic carbocycles. The summed E-state index contributed by atoms with van der Waals surface area (Å²) in [6.45, 7) is 6.83. The van der Waals surface area contributed by atoms with Gasteiger partial charge in [0.1, 0.15) is 0 Å². The highest BCUT2D eigenvalue weighted by molar-refractivity contribution is 6.30. The van der Waals surface area contributed by atoms with Gasteiger partial charge in [0.2, 0.25) is 0 Å². The lowest BCUT2D eigenvalue weighted by atomic mass is 9.74. The first kappa shape index (κ1) is 14.7. The second-order valence-electron chi connectivity index (χ2n) is 5.63. The number of anilines is 1. The van der Waals surface area contributed by atoms with Crippen LogP contribution in [0.25, 0.3) is 0 Å². The van der Waals surface area contributed by atoms with E-state index in [1.54, 1.807) is 0 Å². The number of rotatable bonds is 4. The highest BCUT2D eigenvalue weighted by atomic mass is 35.5. The molecule has 1 saturated heterocycles. The van der Waals surface area contributed by atoms with E-state index >= 15 is 0 Å². The van der Waals surface area contributed by atoms with Crippen molar-refractivity contribution in [1.29, 1.82) is 0 Å². The lowest BCUT2D eigenvalue weighted by molar-refractivity contribution is 0.199. The average molecular weight is 282 g/mol. The molecule has 0 unspecified atom stereocenters. The van der Waals surface area contributed by atoms with Gasteiger partial charge in [0, 0.05) is 29.4 Å². The molecule has 1 fully saturated rings. The maximum absolute atomic E-state index is 9.48. The van der Waals surface area contributed by atoms with E-state index in [9.17, 15) is 5.11 Å². The predicted octanol–water partition coefficient (Wildman–Crippen LogP) is 4.24. The fraction of sp³-hybridized carbons (Fsp3) is 0.625. The molecule has 2 rings (SSSR count). The van der Waals surface area contributed by atoms with Crippen LogP contribution in [0.15, 0.2) is 18.2 Å². The number of benzene rings is 1. The first-order chi connectivity index (χ1) is 9.14. The standard InChI is InChI=1S/C16H24ClNO/c1-3-16(4-2)7-9-18(10-8-16)15-6-5-14(17)11-13(15)12-19/h5-6,11,19H,3-4,7-10,12H2,1-2H3. The third-order valence-electron chi connectivity index (χ3n) is 4.88. The molecule has 1 N–H and O–H groups in total. The number of nitrogens with zero attached hydrogens (tertiary/aromatic N) is 1. The van der Waals surface area contributed by atoms with Gasteiger partial charge in [-0.25, -0.2) is 0 Å². The Bertz CT molecular complexity index is 419. The van der Waals surface area contributed by atoms with Crippen LogP contribution in [0.5, 0.6) is 0 Å². The van der Waals surface area contributed by atoms with Gasteiger partial charge in [-0.05, 0) is 36.5 Å². The fourth-order valence-electron chi connectivity index (χ4n) is 3.17. The van der Waals surface area contributed by atoms with Gasteiger partial charge in [0.05, 0.1) is 6.61 Å². The largest absolute Gasteiger partial charge is 0.392 e. The van der Waals surface area contributed by atoms with Crippen LogP contribution < -0.4 is 4.90 Å². The van der Waals surface area contributed by atoms with Gasteiger partial charge in [0.25, 0.3) is 0 Å². The third kappa shape index (κ3) is 3.06. The van der Waals surface area contributed by atoms with E-state index in [1.165, 1.54) is 25.7 Å². The van der Waals surface area contributed by atoms with E-state index in [1.807, 2.05) is 18.2 Å². The lowest BCUT2D eigenvalue weighted by Gasteiger charge is -2.42. The summed E-state index contributed by atoms with van der Waals surface area (Å²) in [4.78, 5) is 2.39. The van der Waals surface area contributed by atoms with Crippen molar-refractivity contribution in [1.82, 2.24) is 0 Å². The van der Waals surface area contributed by atoms with E-state index in [0.29, 0.717) is 10.4 Å². The molecular formula is C16H24ClNO. The SMILES string of the molecule is CCC1(CC)CCN(c2ccc(Cl)cc2CO)CC1. The van der Waals surface area contributed by atoms with Crippen molar-refractivity contribution < 1.29 is 5.11 Å². The topological polar surface area (TPSA) is 23.5 Å². The zero-order chi connectivity index (χ0) is 13.9. The summed E-state index contributed by atoms with van der Waals surface area (Å²) in [6, 6.07) is 5.83. The molecular weight excluding hydrogens is 258 g/mol. The minimum atomic E-state index is 0.0547. The van der Waals surface area contributed by atoms with Gasteiger partial charge in [-0.3, -0.25) is 0 Å². The molecule has 0 bridgehead atoms. The Morgan fingerprint density at radius 3 is 2.37 bits per heavy atom. The van der Waals surface area contributed by atoms with Gasteiger partial charge in [0.15, 0.2) is 0 Å². The van der Waals surface area contributed by atoms with Crippen molar-refractivity contribution in [2.24, 2.45) is 5.41 Å². The maximum Gasteiger partial charge on any atom is 0.0702 e. The van der Waals surface area contributed by atoms with Crippen molar-refractivity contribution in [2.75, 3.05) is 18.0 Å². The van der Waals surface area contributed by atoms with Crippen LogP contribution in [-0.2, 0) is 6.61 Å². The number of piperidine rings is 1. The van der Waals surface area contributed by atoms with Gasteiger partial charge in [-0.1, -0.05) is 38.3 Å². The van der Waals surface area contributed by atoms with Gasteiger partial charge in [-0.2, -0.15) is 0 Å². The quantitative estimate of drug-likeness (QED) is 0.892. The zero-order valence-corrected chi connectivity index (χ0v) is 12.7. The van der Waals surface area contributed by atoms with Crippen molar-refractivity contribution in [2.45, 2.75) is 46.1 Å². The van der Waals surface area contributed by atoms with E-state index in [-0.39, 0.29) is 6.61 Å². The second kappa shape index (κ2) is 6.15. The smallest absolute Gasteiger partial charge is 0.0702 e. The highest BCUT2D eigenvalue weighted by Crippen LogP contribution is 2.39. The molecule has 19 heavy (non-hydrogen) atoms. The van der Waals surface area contributed by atoms with Crippen molar-refractivity contribution in [3.8, 4) is 0 Å². The normalized spacial score (nSPS) is 18.6. The summed E-state index contributed by atoms with van der Waals surface area (Å²) >= 11 is 6.00. The fourth-order valence-corrected chi connectivity index (χ4v) is 3.36. The monoisotopic (exact) mass is 281 g/mol. The van der Waals surface area contributed by atoms with E-state index in [0.717, 1.165) is 24.3 Å². The molecule has 0 amide bonds. The van der Waals surface area contributed by atoms with Crippen LogP contribution in [0, 0.1) is 5.41 Å². The van der Waals surface area contributed by atoms with Crippen LogP contribution in [0.4, 0.5) is 5.69 Å². The molecule has 1 aromatic rings. The van der Waals surface area contributed by atoms with Crippen LogP contribution in [0.3, 0.4) is 0 Å². The molecule has 3 heteroatoms. The van der Waals surface area contributed by atoms with E-state index in [2.05, 4.69) is 18.7 Å². The lowest BCUT2D eigenvalue weighted by Crippen LogP contribution is -2.40. The van der Waals surface area contributed by atoms with Crippen molar-refractivity contribution >= 4 is 17.3 Å². The van der Waals surface area contributed by atoms with Crippen LogP contribution >= 0.6 is 11.6 Å². The molecule has 2 nitrogen and oxygen atoms in total. The van der Waals surface area contributed by atoms with Crippen LogP contribution in [0.1, 0.15) is 45.1 Å². The molecule has 0 atom stereocenters. The van der Waals surface area contributed by atoms with Gasteiger partial charge in [-0.15, -0.1) is 0 Å². The van der Waals surface area contributed by atoms with Gasteiger partial charge < -0.3 is 10.0 Å². The van der Waals surface area contributed by atoms with Crippen molar-refractivity contribution in [3.63, 3.8) is 0 Å². The third-order valence-corrected chi connectivity index (χ3v) is 5.11. The summed E-state index contributed by atoms with van der Waals surface area (Å²) in [7, 11) is 0. The number of halogens is 1. The minimum absolute atomic E-state index is 0.0547.